The summed E-state index contributed by atoms with van der Waals surface area (Å²) in [4.78, 5) is 2.26. The zero-order valence-corrected chi connectivity index (χ0v) is 12.5. The fourth-order valence-electron chi connectivity index (χ4n) is 2.17. The van der Waals surface area contributed by atoms with E-state index in [2.05, 4.69) is 43.9 Å². The monoisotopic (exact) mass is 265 g/mol. The predicted molar refractivity (Wildman–Crippen MR) is 79.8 cm³/mol. The van der Waals surface area contributed by atoms with Gasteiger partial charge in [-0.1, -0.05) is 19.4 Å². The molecule has 0 bridgehead atoms. The van der Waals surface area contributed by atoms with E-state index in [0.29, 0.717) is 6.61 Å². The van der Waals surface area contributed by atoms with Gasteiger partial charge in [0.2, 0.25) is 0 Å². The lowest BCUT2D eigenvalue weighted by atomic mass is 10.1. The van der Waals surface area contributed by atoms with Gasteiger partial charge in [-0.2, -0.15) is 0 Å². The van der Waals surface area contributed by atoms with Crippen LogP contribution in [-0.2, 0) is 0 Å². The van der Waals surface area contributed by atoms with Crippen molar-refractivity contribution in [3.05, 3.63) is 29.3 Å². The molecule has 0 aliphatic rings. The Balaban J connectivity index is 2.37. The highest BCUT2D eigenvalue weighted by molar-refractivity contribution is 5.32. The van der Waals surface area contributed by atoms with Gasteiger partial charge in [0.1, 0.15) is 12.4 Å². The molecule has 1 rings (SSSR count). The normalized spacial score (nSPS) is 11.0. The van der Waals surface area contributed by atoms with Gasteiger partial charge in [-0.3, -0.25) is 4.90 Å². The highest BCUT2D eigenvalue weighted by atomic mass is 16.5. The summed E-state index contributed by atoms with van der Waals surface area (Å²) >= 11 is 0. The van der Waals surface area contributed by atoms with Gasteiger partial charge >= 0.3 is 0 Å². The minimum absolute atomic E-state index is 0.216. The number of nitrogens with zero attached hydrogens (tertiary/aromatic N) is 1. The van der Waals surface area contributed by atoms with Gasteiger partial charge in [0.15, 0.2) is 0 Å². The lowest BCUT2D eigenvalue weighted by molar-refractivity contribution is 0.167. The quantitative estimate of drug-likeness (QED) is 0.745. The third-order valence-electron chi connectivity index (χ3n) is 3.12. The number of aliphatic hydroxyl groups is 1. The van der Waals surface area contributed by atoms with Crippen molar-refractivity contribution in [2.45, 2.75) is 33.6 Å². The minimum atomic E-state index is 0.216. The van der Waals surface area contributed by atoms with Crippen LogP contribution >= 0.6 is 0 Å². The van der Waals surface area contributed by atoms with Crippen LogP contribution < -0.4 is 4.74 Å². The average molecular weight is 265 g/mol. The number of hydrogen-bond donors (Lipinski definition) is 1. The van der Waals surface area contributed by atoms with Crippen molar-refractivity contribution in [2.24, 2.45) is 0 Å². The molecule has 0 aliphatic heterocycles. The maximum atomic E-state index is 9.04. The summed E-state index contributed by atoms with van der Waals surface area (Å²) in [6.45, 7) is 9.87. The van der Waals surface area contributed by atoms with Crippen molar-refractivity contribution >= 4 is 0 Å². The van der Waals surface area contributed by atoms with Gasteiger partial charge in [-0.05, 0) is 50.1 Å². The van der Waals surface area contributed by atoms with E-state index in [0.717, 1.165) is 25.4 Å². The molecule has 0 atom stereocenters. The molecule has 0 heterocycles. The zero-order chi connectivity index (χ0) is 14.1. The second-order valence-corrected chi connectivity index (χ2v) is 5.09. The molecule has 108 valence electrons. The third-order valence-corrected chi connectivity index (χ3v) is 3.12. The average Bonchev–Trinajstić information content (AvgIpc) is 2.34. The lowest BCUT2D eigenvalue weighted by Gasteiger charge is -2.21. The Bertz CT molecular complexity index is 346. The molecule has 0 saturated heterocycles. The highest BCUT2D eigenvalue weighted by Crippen LogP contribution is 2.16. The topological polar surface area (TPSA) is 32.7 Å². The van der Waals surface area contributed by atoms with Gasteiger partial charge in [0.05, 0.1) is 6.61 Å². The predicted octanol–water partition coefficient (Wildman–Crippen LogP) is 2.78. The molecule has 3 heteroatoms. The van der Waals surface area contributed by atoms with Crippen LogP contribution in [0.15, 0.2) is 18.2 Å². The Labute approximate surface area is 117 Å². The Morgan fingerprint density at radius 3 is 2.32 bits per heavy atom. The molecule has 0 saturated carbocycles. The van der Waals surface area contributed by atoms with Crippen LogP contribution in [-0.4, -0.2) is 42.9 Å². The van der Waals surface area contributed by atoms with Gasteiger partial charge in [-0.25, -0.2) is 0 Å². The largest absolute Gasteiger partial charge is 0.492 e. The Hall–Kier alpha value is -1.06. The summed E-state index contributed by atoms with van der Waals surface area (Å²) in [5, 5.41) is 9.04. The van der Waals surface area contributed by atoms with E-state index in [9.17, 15) is 0 Å². The summed E-state index contributed by atoms with van der Waals surface area (Å²) in [6.07, 6.45) is 2.35. The zero-order valence-electron chi connectivity index (χ0n) is 12.5. The van der Waals surface area contributed by atoms with Crippen LogP contribution in [0.4, 0.5) is 0 Å². The first kappa shape index (κ1) is 16.0. The first-order valence-corrected chi connectivity index (χ1v) is 7.20. The molecular formula is C16H27NO2. The van der Waals surface area contributed by atoms with Crippen molar-refractivity contribution in [1.82, 2.24) is 4.90 Å². The fourth-order valence-corrected chi connectivity index (χ4v) is 2.17. The minimum Gasteiger partial charge on any atom is -0.492 e. The lowest BCUT2D eigenvalue weighted by Crippen LogP contribution is -2.32. The molecule has 0 amide bonds. The van der Waals surface area contributed by atoms with Crippen LogP contribution in [0.2, 0.25) is 0 Å². The molecule has 1 N–H and O–H groups in total. The van der Waals surface area contributed by atoms with Gasteiger partial charge in [-0.15, -0.1) is 0 Å². The molecule has 0 spiro atoms. The van der Waals surface area contributed by atoms with E-state index in [1.807, 2.05) is 0 Å². The van der Waals surface area contributed by atoms with Gasteiger partial charge < -0.3 is 9.84 Å². The van der Waals surface area contributed by atoms with Crippen LogP contribution in [0.3, 0.4) is 0 Å². The number of aryl methyl sites for hydroxylation is 2. The number of rotatable bonds is 9. The van der Waals surface area contributed by atoms with E-state index in [4.69, 9.17) is 9.84 Å². The number of ether oxygens (including phenoxy) is 1. The maximum absolute atomic E-state index is 9.04. The summed E-state index contributed by atoms with van der Waals surface area (Å²) in [5.74, 6) is 0.942. The van der Waals surface area contributed by atoms with Crippen LogP contribution in [0.25, 0.3) is 0 Å². The summed E-state index contributed by atoms with van der Waals surface area (Å²) < 4.78 is 5.80. The van der Waals surface area contributed by atoms with Crippen molar-refractivity contribution in [2.75, 3.05) is 32.8 Å². The SMILES string of the molecule is CCCCN(CCO)CCOc1cc(C)cc(C)c1. The summed E-state index contributed by atoms with van der Waals surface area (Å²) in [5.41, 5.74) is 2.46. The van der Waals surface area contributed by atoms with Crippen LogP contribution in [0.1, 0.15) is 30.9 Å². The number of hydrogen-bond acceptors (Lipinski definition) is 3. The smallest absolute Gasteiger partial charge is 0.119 e. The highest BCUT2D eigenvalue weighted by Gasteiger charge is 2.04. The van der Waals surface area contributed by atoms with Crippen molar-refractivity contribution in [3.63, 3.8) is 0 Å². The van der Waals surface area contributed by atoms with E-state index >= 15 is 0 Å². The molecular weight excluding hydrogens is 238 g/mol. The molecule has 3 nitrogen and oxygen atoms in total. The van der Waals surface area contributed by atoms with Crippen molar-refractivity contribution in [3.8, 4) is 5.75 Å². The molecule has 1 aromatic rings. The summed E-state index contributed by atoms with van der Waals surface area (Å²) in [6, 6.07) is 6.27. The fraction of sp³-hybridized carbons (Fsp3) is 0.625. The number of unbranched alkanes of at least 4 members (excludes halogenated alkanes) is 1. The molecule has 0 unspecified atom stereocenters. The van der Waals surface area contributed by atoms with Crippen molar-refractivity contribution < 1.29 is 9.84 Å². The molecule has 0 aliphatic carbocycles. The molecule has 0 fully saturated rings. The van der Waals surface area contributed by atoms with Crippen molar-refractivity contribution in [1.29, 1.82) is 0 Å². The van der Waals surface area contributed by atoms with E-state index in [1.54, 1.807) is 0 Å². The van der Waals surface area contributed by atoms with E-state index in [-0.39, 0.29) is 6.61 Å². The number of aliphatic hydroxyl groups excluding tert-OH is 1. The second-order valence-electron chi connectivity index (χ2n) is 5.09. The van der Waals surface area contributed by atoms with Gasteiger partial charge in [0.25, 0.3) is 0 Å². The van der Waals surface area contributed by atoms with Gasteiger partial charge in [0, 0.05) is 13.1 Å². The van der Waals surface area contributed by atoms with Crippen LogP contribution in [0, 0.1) is 13.8 Å². The van der Waals surface area contributed by atoms with Crippen LogP contribution in [0.5, 0.6) is 5.75 Å². The molecule has 0 radical (unpaired) electrons. The first-order valence-electron chi connectivity index (χ1n) is 7.20. The number of benzene rings is 1. The standard InChI is InChI=1S/C16H27NO2/c1-4-5-6-17(7-9-18)8-10-19-16-12-14(2)11-15(3)13-16/h11-13,18H,4-10H2,1-3H3. The van der Waals surface area contributed by atoms with E-state index in [1.165, 1.54) is 24.0 Å². The third kappa shape index (κ3) is 6.60. The Morgan fingerprint density at radius 2 is 1.74 bits per heavy atom. The summed E-state index contributed by atoms with van der Waals surface area (Å²) in [7, 11) is 0. The Morgan fingerprint density at radius 1 is 1.05 bits per heavy atom. The maximum Gasteiger partial charge on any atom is 0.119 e. The molecule has 0 aromatic heterocycles. The first-order chi connectivity index (χ1) is 9.15. The van der Waals surface area contributed by atoms with E-state index < -0.39 is 0 Å². The Kier molecular flexibility index (Phi) is 7.53. The second kappa shape index (κ2) is 8.94. The molecule has 1 aromatic carbocycles. The molecule has 19 heavy (non-hydrogen) atoms.